The van der Waals surface area contributed by atoms with Gasteiger partial charge in [0.15, 0.2) is 6.10 Å². The minimum absolute atomic E-state index is 0.0476. The minimum atomic E-state index is -1.04. The van der Waals surface area contributed by atoms with Crippen LogP contribution in [0.2, 0.25) is 5.02 Å². The van der Waals surface area contributed by atoms with Gasteiger partial charge in [0.25, 0.3) is 0 Å². The Morgan fingerprint density at radius 2 is 2.11 bits per heavy atom. The zero-order chi connectivity index (χ0) is 13.8. The lowest BCUT2D eigenvalue weighted by Crippen LogP contribution is -2.19. The summed E-state index contributed by atoms with van der Waals surface area (Å²) in [4.78, 5) is 10.6. The maximum atomic E-state index is 10.6. The normalized spacial score (nSPS) is 12.3. The molecule has 1 atom stereocenters. The average Bonchev–Trinajstić information content (AvgIpc) is 2.85. The number of carbonyl (C=O) groups is 1. The summed E-state index contributed by atoms with van der Waals surface area (Å²) >= 11 is 5.78. The van der Waals surface area contributed by atoms with Gasteiger partial charge in [0, 0.05) is 10.6 Å². The molecule has 0 aliphatic carbocycles. The Balaban J connectivity index is 2.03. The van der Waals surface area contributed by atoms with Crippen molar-refractivity contribution < 1.29 is 19.1 Å². The second-order valence-corrected chi connectivity index (χ2v) is 4.24. The Hall–Kier alpha value is -1.92. The first-order valence-electron chi connectivity index (χ1n) is 5.49. The fraction of sp³-hybridized carbons (Fsp3) is 0.250. The van der Waals surface area contributed by atoms with Crippen molar-refractivity contribution in [2.75, 3.05) is 0 Å². The summed E-state index contributed by atoms with van der Waals surface area (Å²) in [6, 6.07) is 6.92. The summed E-state index contributed by atoms with van der Waals surface area (Å²) in [7, 11) is 0. The van der Waals surface area contributed by atoms with Crippen molar-refractivity contribution in [2.24, 2.45) is 0 Å². The molecule has 1 N–H and O–H groups in total. The molecule has 2 rings (SSSR count). The summed E-state index contributed by atoms with van der Waals surface area (Å²) < 4.78 is 10.4. The molecule has 0 spiro atoms. The number of ether oxygens (including phenoxy) is 1. The van der Waals surface area contributed by atoms with Crippen LogP contribution in [-0.2, 0) is 16.1 Å². The first kappa shape index (κ1) is 13.5. The molecule has 0 saturated carbocycles. The molecule has 1 unspecified atom stereocenters. The molecule has 19 heavy (non-hydrogen) atoms. The van der Waals surface area contributed by atoms with Crippen molar-refractivity contribution >= 4 is 17.6 Å². The smallest absolute Gasteiger partial charge is 0.332 e. The van der Waals surface area contributed by atoms with Gasteiger partial charge in [-0.05, 0) is 31.2 Å². The van der Waals surface area contributed by atoms with Crippen LogP contribution in [-0.4, -0.2) is 27.4 Å². The number of benzene rings is 1. The van der Waals surface area contributed by atoms with E-state index >= 15 is 0 Å². The van der Waals surface area contributed by atoms with Crippen LogP contribution < -0.4 is 0 Å². The van der Waals surface area contributed by atoms with E-state index in [0.29, 0.717) is 10.9 Å². The van der Waals surface area contributed by atoms with E-state index in [1.807, 2.05) is 0 Å². The first-order chi connectivity index (χ1) is 9.06. The first-order valence-corrected chi connectivity index (χ1v) is 5.87. The van der Waals surface area contributed by atoms with Gasteiger partial charge in [-0.1, -0.05) is 11.6 Å². The highest BCUT2D eigenvalue weighted by molar-refractivity contribution is 6.30. The van der Waals surface area contributed by atoms with Crippen molar-refractivity contribution in [3.8, 4) is 11.5 Å². The average molecular weight is 283 g/mol. The number of halogens is 1. The molecular weight excluding hydrogens is 272 g/mol. The minimum Gasteiger partial charge on any atom is -0.479 e. The highest BCUT2D eigenvalue weighted by atomic mass is 35.5. The number of aromatic nitrogens is 2. The lowest BCUT2D eigenvalue weighted by Gasteiger charge is -2.04. The van der Waals surface area contributed by atoms with Crippen LogP contribution in [0.15, 0.2) is 28.7 Å². The maximum absolute atomic E-state index is 10.6. The summed E-state index contributed by atoms with van der Waals surface area (Å²) in [6.07, 6.45) is -0.925. The van der Waals surface area contributed by atoms with Crippen molar-refractivity contribution in [3.05, 3.63) is 35.2 Å². The topological polar surface area (TPSA) is 85.5 Å². The van der Waals surface area contributed by atoms with E-state index in [9.17, 15) is 4.79 Å². The summed E-state index contributed by atoms with van der Waals surface area (Å²) in [5, 5.41) is 16.9. The largest absolute Gasteiger partial charge is 0.479 e. The van der Waals surface area contributed by atoms with Crippen LogP contribution in [0.5, 0.6) is 0 Å². The number of carboxylic acid groups (broad SMARTS) is 1. The predicted molar refractivity (Wildman–Crippen MR) is 66.6 cm³/mol. The molecule has 1 heterocycles. The van der Waals surface area contributed by atoms with Gasteiger partial charge in [-0.2, -0.15) is 0 Å². The van der Waals surface area contributed by atoms with Gasteiger partial charge in [-0.15, -0.1) is 10.2 Å². The zero-order valence-electron chi connectivity index (χ0n) is 10.0. The molecule has 1 aromatic heterocycles. The van der Waals surface area contributed by atoms with Crippen molar-refractivity contribution in [2.45, 2.75) is 19.6 Å². The van der Waals surface area contributed by atoms with Gasteiger partial charge in [0.2, 0.25) is 11.8 Å². The Bertz CT molecular complexity index is 567. The third-order valence-corrected chi connectivity index (χ3v) is 2.61. The molecule has 100 valence electrons. The SMILES string of the molecule is CC(OCc1nnc(-c2ccc(Cl)cc2)o1)C(=O)O. The zero-order valence-corrected chi connectivity index (χ0v) is 10.8. The molecule has 0 bridgehead atoms. The van der Waals surface area contributed by atoms with E-state index < -0.39 is 12.1 Å². The number of aliphatic carboxylic acids is 1. The van der Waals surface area contributed by atoms with E-state index in [4.69, 9.17) is 25.9 Å². The van der Waals surface area contributed by atoms with Gasteiger partial charge in [-0.25, -0.2) is 4.79 Å². The standard InChI is InChI=1S/C12H11ClN2O4/c1-7(12(16)17)18-6-10-14-15-11(19-10)8-2-4-9(13)5-3-8/h2-5,7H,6H2,1H3,(H,16,17). The molecule has 0 fully saturated rings. The maximum Gasteiger partial charge on any atom is 0.332 e. The molecule has 2 aromatic rings. The third kappa shape index (κ3) is 3.52. The fourth-order valence-electron chi connectivity index (χ4n) is 1.29. The monoisotopic (exact) mass is 282 g/mol. The summed E-state index contributed by atoms with van der Waals surface area (Å²) in [5.74, 6) is -0.492. The Morgan fingerprint density at radius 1 is 1.42 bits per heavy atom. The van der Waals surface area contributed by atoms with E-state index in [2.05, 4.69) is 10.2 Å². The second kappa shape index (κ2) is 5.81. The summed E-state index contributed by atoms with van der Waals surface area (Å²) in [6.45, 7) is 1.38. The Labute approximate surface area is 114 Å². The number of rotatable bonds is 5. The molecule has 6 nitrogen and oxygen atoms in total. The number of hydrogen-bond acceptors (Lipinski definition) is 5. The van der Waals surface area contributed by atoms with Crippen LogP contribution in [0.3, 0.4) is 0 Å². The molecule has 0 aliphatic heterocycles. The van der Waals surface area contributed by atoms with Crippen LogP contribution in [0, 0.1) is 0 Å². The third-order valence-electron chi connectivity index (χ3n) is 2.36. The van der Waals surface area contributed by atoms with Gasteiger partial charge in [0.05, 0.1) is 0 Å². The number of hydrogen-bond donors (Lipinski definition) is 1. The van der Waals surface area contributed by atoms with E-state index in [-0.39, 0.29) is 12.5 Å². The number of nitrogens with zero attached hydrogens (tertiary/aromatic N) is 2. The lowest BCUT2D eigenvalue weighted by molar-refractivity contribution is -0.150. The van der Waals surface area contributed by atoms with Crippen LogP contribution >= 0.6 is 11.6 Å². The highest BCUT2D eigenvalue weighted by Crippen LogP contribution is 2.20. The molecular formula is C12H11ClN2O4. The van der Waals surface area contributed by atoms with Crippen molar-refractivity contribution in [1.82, 2.24) is 10.2 Å². The molecule has 0 amide bonds. The van der Waals surface area contributed by atoms with E-state index in [1.165, 1.54) is 6.92 Å². The Kier molecular flexibility index (Phi) is 4.13. The fourth-order valence-corrected chi connectivity index (χ4v) is 1.41. The van der Waals surface area contributed by atoms with Gasteiger partial charge in [-0.3, -0.25) is 0 Å². The Morgan fingerprint density at radius 3 is 2.74 bits per heavy atom. The molecule has 7 heteroatoms. The van der Waals surface area contributed by atoms with Crippen molar-refractivity contribution in [1.29, 1.82) is 0 Å². The molecule has 0 radical (unpaired) electrons. The van der Waals surface area contributed by atoms with E-state index in [1.54, 1.807) is 24.3 Å². The highest BCUT2D eigenvalue weighted by Gasteiger charge is 2.14. The van der Waals surface area contributed by atoms with Crippen LogP contribution in [0.1, 0.15) is 12.8 Å². The van der Waals surface area contributed by atoms with Gasteiger partial charge in [0.1, 0.15) is 6.61 Å². The van der Waals surface area contributed by atoms with Crippen LogP contribution in [0.4, 0.5) is 0 Å². The molecule has 0 aliphatic rings. The second-order valence-electron chi connectivity index (χ2n) is 3.80. The summed E-state index contributed by atoms with van der Waals surface area (Å²) in [5.41, 5.74) is 0.731. The lowest BCUT2D eigenvalue weighted by atomic mass is 10.2. The van der Waals surface area contributed by atoms with E-state index in [0.717, 1.165) is 5.56 Å². The van der Waals surface area contributed by atoms with Crippen LogP contribution in [0.25, 0.3) is 11.5 Å². The predicted octanol–water partition coefficient (Wildman–Crippen LogP) is 2.38. The molecule has 1 aromatic carbocycles. The number of carboxylic acids is 1. The quantitative estimate of drug-likeness (QED) is 0.906. The van der Waals surface area contributed by atoms with Gasteiger partial charge >= 0.3 is 5.97 Å². The molecule has 0 saturated heterocycles. The van der Waals surface area contributed by atoms with Gasteiger partial charge < -0.3 is 14.3 Å². The van der Waals surface area contributed by atoms with Crippen molar-refractivity contribution in [3.63, 3.8) is 0 Å².